The summed E-state index contributed by atoms with van der Waals surface area (Å²) in [7, 11) is 0. The highest BCUT2D eigenvalue weighted by atomic mass is 35.5. The second-order valence-corrected chi connectivity index (χ2v) is 4.45. The van der Waals surface area contributed by atoms with Crippen LogP contribution in [0.15, 0.2) is 29.1 Å². The molecule has 7 heteroatoms. The first-order valence-corrected chi connectivity index (χ1v) is 6.03. The smallest absolute Gasteiger partial charge is 0.247 e. The highest BCUT2D eigenvalue weighted by molar-refractivity contribution is 6.34. The van der Waals surface area contributed by atoms with Crippen molar-refractivity contribution in [3.63, 3.8) is 0 Å². The molecular weight excluding hydrogens is 271 g/mol. The van der Waals surface area contributed by atoms with Gasteiger partial charge in [-0.2, -0.15) is 0 Å². The van der Waals surface area contributed by atoms with E-state index < -0.39 is 5.82 Å². The minimum atomic E-state index is -0.453. The number of halogens is 2. The van der Waals surface area contributed by atoms with Gasteiger partial charge < -0.3 is 14.7 Å². The highest BCUT2D eigenvalue weighted by Crippen LogP contribution is 2.29. The van der Waals surface area contributed by atoms with Crippen LogP contribution in [0, 0.1) is 5.82 Å². The van der Waals surface area contributed by atoms with Crippen LogP contribution >= 0.6 is 11.6 Å². The zero-order valence-corrected chi connectivity index (χ0v) is 10.6. The van der Waals surface area contributed by atoms with E-state index in [1.54, 1.807) is 12.5 Å². The van der Waals surface area contributed by atoms with Crippen LogP contribution in [-0.2, 0) is 6.54 Å². The molecule has 0 aliphatic rings. The van der Waals surface area contributed by atoms with E-state index in [2.05, 4.69) is 9.97 Å². The van der Waals surface area contributed by atoms with Crippen molar-refractivity contribution in [1.82, 2.24) is 14.5 Å². The lowest BCUT2D eigenvalue weighted by molar-refractivity contribution is 0.612. The summed E-state index contributed by atoms with van der Waals surface area (Å²) in [6.07, 6.45) is 3.40. The van der Waals surface area contributed by atoms with Gasteiger partial charge in [-0.15, -0.1) is 0 Å². The molecular formula is C12H10ClFN4O. The van der Waals surface area contributed by atoms with Gasteiger partial charge in [0, 0.05) is 25.4 Å². The van der Waals surface area contributed by atoms with Crippen LogP contribution in [-0.4, -0.2) is 21.1 Å². The van der Waals surface area contributed by atoms with E-state index >= 15 is 0 Å². The Labute approximate surface area is 112 Å². The van der Waals surface area contributed by atoms with E-state index in [9.17, 15) is 4.39 Å². The molecule has 3 aromatic rings. The predicted molar refractivity (Wildman–Crippen MR) is 69.3 cm³/mol. The number of oxazole rings is 1. The lowest BCUT2D eigenvalue weighted by Gasteiger charge is -1.94. The van der Waals surface area contributed by atoms with Crippen LogP contribution in [0.4, 0.5) is 4.39 Å². The average molecular weight is 281 g/mol. The summed E-state index contributed by atoms with van der Waals surface area (Å²) in [5.41, 5.74) is 6.74. The van der Waals surface area contributed by atoms with Crippen molar-refractivity contribution < 1.29 is 8.81 Å². The van der Waals surface area contributed by atoms with Gasteiger partial charge in [-0.05, 0) is 6.07 Å². The number of aromatic nitrogens is 3. The summed E-state index contributed by atoms with van der Waals surface area (Å²) in [5.74, 6) is -0.149. The Hall–Kier alpha value is -1.92. The van der Waals surface area contributed by atoms with Crippen LogP contribution in [0.5, 0.6) is 0 Å². The third kappa shape index (κ3) is 2.20. The second-order valence-electron chi connectivity index (χ2n) is 4.04. The minimum Gasteiger partial charge on any atom is -0.433 e. The highest BCUT2D eigenvalue weighted by Gasteiger charge is 2.14. The topological polar surface area (TPSA) is 69.9 Å². The first-order valence-electron chi connectivity index (χ1n) is 5.65. The van der Waals surface area contributed by atoms with Crippen molar-refractivity contribution in [2.75, 3.05) is 6.54 Å². The van der Waals surface area contributed by atoms with Gasteiger partial charge in [0.15, 0.2) is 5.58 Å². The molecule has 0 aliphatic heterocycles. The van der Waals surface area contributed by atoms with Crippen LogP contribution in [0.25, 0.3) is 22.7 Å². The van der Waals surface area contributed by atoms with E-state index in [1.807, 2.05) is 4.57 Å². The van der Waals surface area contributed by atoms with Gasteiger partial charge in [0.1, 0.15) is 17.0 Å². The third-order valence-corrected chi connectivity index (χ3v) is 2.93. The fourth-order valence-corrected chi connectivity index (χ4v) is 2.05. The molecule has 0 radical (unpaired) electrons. The number of rotatable bonds is 3. The maximum absolute atomic E-state index is 13.2. The Morgan fingerprint density at radius 2 is 2.26 bits per heavy atom. The van der Waals surface area contributed by atoms with Crippen LogP contribution in [0.2, 0.25) is 5.02 Å². The molecule has 98 valence electrons. The molecule has 0 spiro atoms. The van der Waals surface area contributed by atoms with E-state index in [4.69, 9.17) is 21.8 Å². The molecule has 2 heterocycles. The van der Waals surface area contributed by atoms with Gasteiger partial charge in [0.05, 0.1) is 11.3 Å². The van der Waals surface area contributed by atoms with Gasteiger partial charge >= 0.3 is 0 Å². The number of nitrogens with two attached hydrogens (primary N) is 1. The molecule has 0 saturated heterocycles. The Kier molecular flexibility index (Phi) is 2.96. The summed E-state index contributed by atoms with van der Waals surface area (Å²) >= 11 is 5.90. The normalized spacial score (nSPS) is 11.3. The quantitative estimate of drug-likeness (QED) is 0.800. The number of benzene rings is 1. The number of hydrogen-bond donors (Lipinski definition) is 1. The summed E-state index contributed by atoms with van der Waals surface area (Å²) in [6.45, 7) is 1.17. The molecule has 0 saturated carbocycles. The Bertz CT molecular complexity index is 736. The van der Waals surface area contributed by atoms with E-state index in [-0.39, 0.29) is 5.02 Å². The largest absolute Gasteiger partial charge is 0.433 e. The SMILES string of the molecule is NCCn1cnc(-c2nc3cc(F)cc(Cl)c3o2)c1. The van der Waals surface area contributed by atoms with E-state index in [0.717, 1.165) is 0 Å². The van der Waals surface area contributed by atoms with Gasteiger partial charge in [0.25, 0.3) is 0 Å². The molecule has 2 aromatic heterocycles. The number of hydrogen-bond acceptors (Lipinski definition) is 4. The molecule has 0 aliphatic carbocycles. The van der Waals surface area contributed by atoms with Gasteiger partial charge in [-0.25, -0.2) is 14.4 Å². The molecule has 0 amide bonds. The van der Waals surface area contributed by atoms with E-state index in [1.165, 1.54) is 12.1 Å². The van der Waals surface area contributed by atoms with E-state index in [0.29, 0.717) is 35.8 Å². The predicted octanol–water partition coefficient (Wildman–Crippen LogP) is 2.44. The Morgan fingerprint density at radius 1 is 1.42 bits per heavy atom. The monoisotopic (exact) mass is 280 g/mol. The lowest BCUT2D eigenvalue weighted by atomic mass is 10.3. The summed E-state index contributed by atoms with van der Waals surface area (Å²) in [5, 5.41) is 0.190. The summed E-state index contributed by atoms with van der Waals surface area (Å²) < 4.78 is 20.6. The third-order valence-electron chi connectivity index (χ3n) is 2.65. The summed E-state index contributed by atoms with van der Waals surface area (Å²) in [4.78, 5) is 8.35. The van der Waals surface area contributed by atoms with Gasteiger partial charge in [-0.1, -0.05) is 11.6 Å². The molecule has 1 aromatic carbocycles. The first-order chi connectivity index (χ1) is 9.17. The zero-order chi connectivity index (χ0) is 13.4. The molecule has 3 rings (SSSR count). The molecule has 0 fully saturated rings. The number of imidazole rings is 1. The zero-order valence-electron chi connectivity index (χ0n) is 9.81. The maximum atomic E-state index is 13.2. The van der Waals surface area contributed by atoms with Crippen molar-refractivity contribution >= 4 is 22.7 Å². The molecule has 0 atom stereocenters. The molecule has 5 nitrogen and oxygen atoms in total. The van der Waals surface area contributed by atoms with Crippen molar-refractivity contribution in [2.24, 2.45) is 5.73 Å². The molecule has 2 N–H and O–H groups in total. The van der Waals surface area contributed by atoms with Gasteiger partial charge in [0.2, 0.25) is 5.89 Å². The molecule has 19 heavy (non-hydrogen) atoms. The van der Waals surface area contributed by atoms with Gasteiger partial charge in [-0.3, -0.25) is 0 Å². The first kappa shape index (κ1) is 12.1. The van der Waals surface area contributed by atoms with Crippen LogP contribution in [0.3, 0.4) is 0 Å². The second kappa shape index (κ2) is 4.64. The lowest BCUT2D eigenvalue weighted by Crippen LogP contribution is -2.07. The van der Waals surface area contributed by atoms with Crippen LogP contribution < -0.4 is 5.73 Å². The molecule has 0 unspecified atom stereocenters. The average Bonchev–Trinajstić information content (AvgIpc) is 2.95. The van der Waals surface area contributed by atoms with Crippen molar-refractivity contribution in [3.05, 3.63) is 35.5 Å². The standard InChI is InChI=1S/C12H10ClFN4O/c13-8-3-7(14)4-9-11(8)19-12(17-9)10-5-18(2-1-15)6-16-10/h3-6H,1-2,15H2. The van der Waals surface area contributed by atoms with Crippen molar-refractivity contribution in [3.8, 4) is 11.6 Å². The minimum absolute atomic E-state index is 0.190. The number of fused-ring (bicyclic) bond motifs is 1. The Balaban J connectivity index is 2.07. The molecule has 0 bridgehead atoms. The Morgan fingerprint density at radius 3 is 3.05 bits per heavy atom. The maximum Gasteiger partial charge on any atom is 0.247 e. The van der Waals surface area contributed by atoms with Crippen molar-refractivity contribution in [2.45, 2.75) is 6.54 Å². The van der Waals surface area contributed by atoms with Crippen LogP contribution in [0.1, 0.15) is 0 Å². The fraction of sp³-hybridized carbons (Fsp3) is 0.167. The summed E-state index contributed by atoms with van der Waals surface area (Å²) in [6, 6.07) is 2.46. The fourth-order valence-electron chi connectivity index (χ4n) is 1.81. The number of nitrogens with zero attached hydrogens (tertiary/aromatic N) is 3. The van der Waals surface area contributed by atoms with Crippen molar-refractivity contribution in [1.29, 1.82) is 0 Å².